The van der Waals surface area contributed by atoms with Crippen LogP contribution < -0.4 is 10.6 Å². The van der Waals surface area contributed by atoms with Crippen molar-refractivity contribution in [2.24, 2.45) is 11.8 Å². The van der Waals surface area contributed by atoms with Gasteiger partial charge in [0.05, 0.1) is 6.04 Å². The molecule has 2 heterocycles. The Morgan fingerprint density at radius 3 is 2.52 bits per heavy atom. The first-order valence-electron chi connectivity index (χ1n) is 12.6. The monoisotopic (exact) mass is 454 g/mol. The zero-order valence-corrected chi connectivity index (χ0v) is 20.0. The number of nitrogens with one attached hydrogen (secondary N) is 2. The second-order valence-corrected chi connectivity index (χ2v) is 9.94. The maximum Gasteiger partial charge on any atom is 0.246 e. The summed E-state index contributed by atoms with van der Waals surface area (Å²) in [6, 6.07) is 8.92. The first-order valence-corrected chi connectivity index (χ1v) is 12.6. The van der Waals surface area contributed by atoms with Crippen LogP contribution in [0.15, 0.2) is 30.3 Å². The molecular weight excluding hydrogens is 416 g/mol. The summed E-state index contributed by atoms with van der Waals surface area (Å²) >= 11 is 0. The first-order chi connectivity index (χ1) is 16.0. The van der Waals surface area contributed by atoms with E-state index in [2.05, 4.69) is 22.8 Å². The fourth-order valence-electron chi connectivity index (χ4n) is 5.74. The molecule has 0 radical (unpaired) electrons. The minimum absolute atomic E-state index is 0.0655. The van der Waals surface area contributed by atoms with Crippen LogP contribution in [-0.2, 0) is 20.8 Å². The quantitative estimate of drug-likeness (QED) is 0.629. The number of benzene rings is 1. The van der Waals surface area contributed by atoms with Crippen molar-refractivity contribution in [3.63, 3.8) is 0 Å². The Kier molecular flexibility index (Phi) is 7.68. The van der Waals surface area contributed by atoms with Crippen LogP contribution in [0.25, 0.3) is 0 Å². The van der Waals surface area contributed by atoms with Gasteiger partial charge >= 0.3 is 0 Å². The van der Waals surface area contributed by atoms with Crippen molar-refractivity contribution in [1.82, 2.24) is 20.4 Å². The zero-order valence-electron chi connectivity index (χ0n) is 20.0. The number of carbonyl (C=O) groups excluding carboxylic acids is 3. The van der Waals surface area contributed by atoms with E-state index in [1.54, 1.807) is 18.9 Å². The van der Waals surface area contributed by atoms with Crippen molar-refractivity contribution in [3.05, 3.63) is 35.9 Å². The number of carbonyl (C=O) groups is 3. The molecule has 3 fully saturated rings. The van der Waals surface area contributed by atoms with E-state index < -0.39 is 6.04 Å². The van der Waals surface area contributed by atoms with Crippen molar-refractivity contribution in [2.45, 2.75) is 70.0 Å². The van der Waals surface area contributed by atoms with Crippen molar-refractivity contribution in [3.8, 4) is 0 Å². The summed E-state index contributed by atoms with van der Waals surface area (Å²) in [6.07, 6.45) is 6.92. The number of likely N-dealkylation sites (tertiary alicyclic amines) is 2. The number of amides is 3. The molecule has 1 aromatic carbocycles. The highest BCUT2D eigenvalue weighted by Crippen LogP contribution is 2.35. The number of hydrogen-bond acceptors (Lipinski definition) is 4. The fourth-order valence-corrected chi connectivity index (χ4v) is 5.74. The molecule has 2 N–H and O–H groups in total. The van der Waals surface area contributed by atoms with E-state index in [1.807, 2.05) is 23.1 Å². The Labute approximate surface area is 197 Å². The van der Waals surface area contributed by atoms with Gasteiger partial charge in [0.1, 0.15) is 12.1 Å². The minimum Gasteiger partial charge on any atom is -0.343 e. The molecule has 1 unspecified atom stereocenters. The van der Waals surface area contributed by atoms with Crippen molar-refractivity contribution >= 4 is 17.7 Å². The average molecular weight is 455 g/mol. The van der Waals surface area contributed by atoms with Crippen LogP contribution >= 0.6 is 0 Å². The van der Waals surface area contributed by atoms with Gasteiger partial charge in [0.15, 0.2) is 0 Å². The van der Waals surface area contributed by atoms with E-state index in [1.165, 1.54) is 12.0 Å². The second-order valence-electron chi connectivity index (χ2n) is 9.94. The van der Waals surface area contributed by atoms with Gasteiger partial charge < -0.3 is 20.4 Å². The van der Waals surface area contributed by atoms with E-state index in [-0.39, 0.29) is 41.6 Å². The third-order valence-electron chi connectivity index (χ3n) is 7.85. The molecule has 0 spiro atoms. The Morgan fingerprint density at radius 2 is 1.82 bits per heavy atom. The Hall–Kier alpha value is -2.41. The van der Waals surface area contributed by atoms with E-state index in [0.29, 0.717) is 13.1 Å². The first kappa shape index (κ1) is 23.7. The van der Waals surface area contributed by atoms with Crippen LogP contribution in [0.5, 0.6) is 0 Å². The van der Waals surface area contributed by atoms with Crippen LogP contribution in [0.2, 0.25) is 0 Å². The lowest BCUT2D eigenvalue weighted by Crippen LogP contribution is -2.57. The molecule has 180 valence electrons. The second kappa shape index (κ2) is 10.7. The van der Waals surface area contributed by atoms with Gasteiger partial charge in [-0.2, -0.15) is 0 Å². The van der Waals surface area contributed by atoms with Crippen LogP contribution in [-0.4, -0.2) is 72.3 Å². The number of nitrogens with zero attached hydrogens (tertiary/aromatic N) is 2. The molecule has 3 aliphatic rings. The van der Waals surface area contributed by atoms with Gasteiger partial charge in [0.2, 0.25) is 17.7 Å². The molecule has 33 heavy (non-hydrogen) atoms. The molecular formula is C26H38N4O3. The third-order valence-corrected chi connectivity index (χ3v) is 7.85. The number of rotatable bonds is 8. The van der Waals surface area contributed by atoms with Crippen LogP contribution in [0.4, 0.5) is 0 Å². The van der Waals surface area contributed by atoms with E-state index >= 15 is 0 Å². The molecule has 2 aliphatic heterocycles. The van der Waals surface area contributed by atoms with Gasteiger partial charge in [0.25, 0.3) is 0 Å². The molecule has 7 nitrogen and oxygen atoms in total. The van der Waals surface area contributed by atoms with Gasteiger partial charge in [-0.1, -0.05) is 49.6 Å². The van der Waals surface area contributed by atoms with Gasteiger partial charge in [0, 0.05) is 25.6 Å². The minimum atomic E-state index is -0.543. The van der Waals surface area contributed by atoms with E-state index in [9.17, 15) is 14.4 Å². The Bertz CT molecular complexity index is 839. The molecule has 0 bridgehead atoms. The fraction of sp³-hybridized carbons (Fsp3) is 0.654. The summed E-state index contributed by atoms with van der Waals surface area (Å²) in [4.78, 5) is 43.5. The van der Waals surface area contributed by atoms with Gasteiger partial charge in [-0.15, -0.1) is 0 Å². The molecule has 1 saturated carbocycles. The Balaban J connectivity index is 1.45. The van der Waals surface area contributed by atoms with Gasteiger partial charge in [-0.3, -0.25) is 14.4 Å². The van der Waals surface area contributed by atoms with E-state index in [0.717, 1.165) is 45.1 Å². The maximum absolute atomic E-state index is 13.8. The van der Waals surface area contributed by atoms with Crippen molar-refractivity contribution in [1.29, 1.82) is 0 Å². The summed E-state index contributed by atoms with van der Waals surface area (Å²) < 4.78 is 0. The normalized spacial score (nSPS) is 25.1. The van der Waals surface area contributed by atoms with E-state index in [4.69, 9.17) is 0 Å². The predicted molar refractivity (Wildman–Crippen MR) is 127 cm³/mol. The highest BCUT2D eigenvalue weighted by Gasteiger charge is 2.51. The van der Waals surface area contributed by atoms with Crippen molar-refractivity contribution < 1.29 is 14.4 Å². The van der Waals surface area contributed by atoms with Crippen LogP contribution in [0.1, 0.15) is 51.0 Å². The summed E-state index contributed by atoms with van der Waals surface area (Å²) in [6.45, 7) is 3.81. The number of fused-ring (bicyclic) bond motifs is 1. The number of likely N-dealkylation sites (N-methyl/N-ethyl adjacent to an activating group) is 1. The smallest absolute Gasteiger partial charge is 0.246 e. The third kappa shape index (κ3) is 5.24. The van der Waals surface area contributed by atoms with Crippen molar-refractivity contribution in [2.75, 3.05) is 26.7 Å². The zero-order chi connectivity index (χ0) is 23.4. The lowest BCUT2D eigenvalue weighted by molar-refractivity contribution is -0.144. The standard InChI is InChI=1S/C26H38N4O3/c1-18(27-2)24(31)28-22(20-11-7-4-8-12-20)25(32)30-16-14-21-17-29(26(33)23(21)30)15-13-19-9-5-3-6-10-19/h3,5-6,9-10,18,20-23,27H,4,7-8,11-17H2,1-2H3,(H,28,31)/t18?,21-,22+,23-/m0/s1. The van der Waals surface area contributed by atoms with Gasteiger partial charge in [-0.25, -0.2) is 0 Å². The molecule has 0 aromatic heterocycles. The molecule has 3 amide bonds. The molecule has 4 rings (SSSR count). The highest BCUT2D eigenvalue weighted by atomic mass is 16.2. The number of hydrogen-bond donors (Lipinski definition) is 2. The largest absolute Gasteiger partial charge is 0.343 e. The lowest BCUT2D eigenvalue weighted by atomic mass is 9.83. The molecule has 2 saturated heterocycles. The SMILES string of the molecule is CNC(C)C(=O)N[C@@H](C(=O)N1CC[C@H]2CN(CCc3ccccc3)C(=O)[C@H]21)C1CCCCC1. The molecule has 1 aliphatic carbocycles. The molecule has 7 heteroatoms. The molecule has 4 atom stereocenters. The average Bonchev–Trinajstić information content (AvgIpc) is 3.41. The maximum atomic E-state index is 13.8. The lowest BCUT2D eigenvalue weighted by Gasteiger charge is -2.35. The van der Waals surface area contributed by atoms with Gasteiger partial charge in [-0.05, 0) is 51.1 Å². The summed E-state index contributed by atoms with van der Waals surface area (Å²) in [5.74, 6) is 0.183. The highest BCUT2D eigenvalue weighted by molar-refractivity contribution is 5.94. The van der Waals surface area contributed by atoms with Crippen LogP contribution in [0, 0.1) is 11.8 Å². The summed E-state index contributed by atoms with van der Waals surface area (Å²) in [7, 11) is 1.74. The predicted octanol–water partition coefficient (Wildman–Crippen LogP) is 1.96. The van der Waals surface area contributed by atoms with Crippen LogP contribution in [0.3, 0.4) is 0 Å². The molecule has 1 aromatic rings. The summed E-state index contributed by atoms with van der Waals surface area (Å²) in [5, 5.41) is 6.01. The summed E-state index contributed by atoms with van der Waals surface area (Å²) in [5.41, 5.74) is 1.22. The Morgan fingerprint density at radius 1 is 1.09 bits per heavy atom. The topological polar surface area (TPSA) is 81.8 Å².